The molecule has 0 fully saturated rings. The molecule has 2 aliphatic carbocycles. The van der Waals surface area contributed by atoms with Crippen LogP contribution in [0.1, 0.15) is 37.5 Å². The summed E-state index contributed by atoms with van der Waals surface area (Å²) in [5.74, 6) is 1.45. The summed E-state index contributed by atoms with van der Waals surface area (Å²) in [6.45, 7) is 6.95. The number of allylic oxidation sites excluding steroid dienone is 4. The van der Waals surface area contributed by atoms with Gasteiger partial charge in [0.05, 0.1) is 0 Å². The van der Waals surface area contributed by atoms with E-state index in [1.165, 1.54) is 24.8 Å². The van der Waals surface area contributed by atoms with E-state index in [-0.39, 0.29) is 0 Å². The van der Waals surface area contributed by atoms with Crippen LogP contribution in [0, 0.1) is 17.3 Å². The van der Waals surface area contributed by atoms with Crippen LogP contribution in [0.5, 0.6) is 0 Å². The van der Waals surface area contributed by atoms with Crippen molar-refractivity contribution < 1.29 is 0 Å². The van der Waals surface area contributed by atoms with Gasteiger partial charge in [0.1, 0.15) is 0 Å². The number of rotatable bonds is 1. The molecule has 0 heteroatoms. The van der Waals surface area contributed by atoms with Crippen LogP contribution in [0.2, 0.25) is 0 Å². The molecule has 0 amide bonds. The molecule has 0 bridgehead atoms. The summed E-state index contributed by atoms with van der Waals surface area (Å²) in [4.78, 5) is 0. The van der Waals surface area contributed by atoms with Crippen molar-refractivity contribution in [2.24, 2.45) is 17.3 Å². The lowest BCUT2D eigenvalue weighted by Gasteiger charge is -2.31. The van der Waals surface area contributed by atoms with Crippen LogP contribution in [0.25, 0.3) is 0 Å². The molecule has 19 heavy (non-hydrogen) atoms. The first-order valence-electron chi connectivity index (χ1n) is 7.47. The van der Waals surface area contributed by atoms with E-state index in [0.717, 1.165) is 11.8 Å². The van der Waals surface area contributed by atoms with Crippen LogP contribution >= 0.6 is 0 Å². The zero-order valence-electron chi connectivity index (χ0n) is 12.3. The van der Waals surface area contributed by atoms with Crippen LogP contribution in [0.3, 0.4) is 0 Å². The number of benzene rings is 1. The molecule has 0 nitrogen and oxygen atoms in total. The van der Waals surface area contributed by atoms with Gasteiger partial charge in [0.2, 0.25) is 0 Å². The van der Waals surface area contributed by atoms with E-state index in [4.69, 9.17) is 0 Å². The van der Waals surface area contributed by atoms with Crippen molar-refractivity contribution in [2.75, 3.05) is 0 Å². The van der Waals surface area contributed by atoms with Crippen LogP contribution in [0.15, 0.2) is 42.5 Å². The van der Waals surface area contributed by atoms with E-state index in [2.05, 4.69) is 63.3 Å². The average Bonchev–Trinajstić information content (AvgIpc) is 2.34. The molecule has 0 N–H and O–H groups in total. The molecule has 0 aliphatic heterocycles. The summed E-state index contributed by atoms with van der Waals surface area (Å²) in [6.07, 6.45) is 12.8. The maximum absolute atomic E-state index is 2.46. The normalized spacial score (nSPS) is 25.0. The summed E-state index contributed by atoms with van der Waals surface area (Å²) in [5.41, 5.74) is 5.03. The second-order valence-corrected chi connectivity index (χ2v) is 7.35. The largest absolute Gasteiger partial charge is 0.0805 e. The molecule has 3 rings (SSSR count). The predicted molar refractivity (Wildman–Crippen MR) is 82.3 cm³/mol. The molecule has 2 unspecified atom stereocenters. The first-order chi connectivity index (χ1) is 9.01. The Morgan fingerprint density at radius 3 is 2.21 bits per heavy atom. The van der Waals surface area contributed by atoms with Gasteiger partial charge in [-0.15, -0.1) is 0 Å². The third-order valence-corrected chi connectivity index (χ3v) is 4.29. The molecule has 100 valence electrons. The van der Waals surface area contributed by atoms with Gasteiger partial charge in [-0.25, -0.2) is 0 Å². The molecular formula is C19H24. The lowest BCUT2D eigenvalue weighted by atomic mass is 9.73. The predicted octanol–water partition coefficient (Wildman–Crippen LogP) is 4.73. The van der Waals surface area contributed by atoms with Gasteiger partial charge in [0.15, 0.2) is 0 Å². The van der Waals surface area contributed by atoms with Gasteiger partial charge in [0, 0.05) is 0 Å². The molecule has 0 radical (unpaired) electrons. The molecule has 0 saturated carbocycles. The summed E-state index contributed by atoms with van der Waals surface area (Å²) in [7, 11) is 0. The minimum Gasteiger partial charge on any atom is -0.0805 e. The lowest BCUT2D eigenvalue weighted by molar-refractivity contribution is 0.409. The lowest BCUT2D eigenvalue weighted by Crippen LogP contribution is -2.24. The maximum atomic E-state index is 2.46. The minimum absolute atomic E-state index is 0.374. The van der Waals surface area contributed by atoms with E-state index in [9.17, 15) is 0 Å². The van der Waals surface area contributed by atoms with E-state index in [1.807, 2.05) is 0 Å². The van der Waals surface area contributed by atoms with Crippen molar-refractivity contribution in [3.05, 3.63) is 59.2 Å². The zero-order chi connectivity index (χ0) is 13.5. The Hall–Kier alpha value is -1.30. The maximum Gasteiger partial charge on any atom is -0.0124 e. The summed E-state index contributed by atoms with van der Waals surface area (Å²) < 4.78 is 0. The Labute approximate surface area is 117 Å². The Morgan fingerprint density at radius 2 is 1.58 bits per heavy atom. The van der Waals surface area contributed by atoms with Crippen molar-refractivity contribution in [2.45, 2.75) is 40.0 Å². The fraction of sp³-hybridized carbons (Fsp3) is 0.474. The third-order valence-electron chi connectivity index (χ3n) is 4.29. The molecule has 2 aliphatic rings. The van der Waals surface area contributed by atoms with E-state index in [0.29, 0.717) is 5.41 Å². The molecule has 0 saturated heterocycles. The smallest absolute Gasteiger partial charge is 0.0124 e. The van der Waals surface area contributed by atoms with Crippen molar-refractivity contribution in [1.82, 2.24) is 0 Å². The van der Waals surface area contributed by atoms with Gasteiger partial charge >= 0.3 is 0 Å². The van der Waals surface area contributed by atoms with Gasteiger partial charge in [-0.2, -0.15) is 0 Å². The van der Waals surface area contributed by atoms with Crippen molar-refractivity contribution in [3.8, 4) is 0 Å². The minimum atomic E-state index is 0.374. The number of hydrogen-bond donors (Lipinski definition) is 0. The van der Waals surface area contributed by atoms with E-state index in [1.54, 1.807) is 11.1 Å². The Morgan fingerprint density at radius 1 is 0.947 bits per heavy atom. The summed E-state index contributed by atoms with van der Waals surface area (Å²) in [5, 5.41) is 0. The highest BCUT2D eigenvalue weighted by Crippen LogP contribution is 2.35. The van der Waals surface area contributed by atoms with Gasteiger partial charge in [-0.3, -0.25) is 0 Å². The van der Waals surface area contributed by atoms with E-state index < -0.39 is 0 Å². The Bertz CT molecular complexity index is 525. The fourth-order valence-electron chi connectivity index (χ4n) is 3.44. The van der Waals surface area contributed by atoms with Gasteiger partial charge < -0.3 is 0 Å². The molecule has 1 aromatic rings. The van der Waals surface area contributed by atoms with Crippen molar-refractivity contribution in [1.29, 1.82) is 0 Å². The monoisotopic (exact) mass is 252 g/mol. The highest BCUT2D eigenvalue weighted by molar-refractivity contribution is 5.37. The molecule has 0 aromatic heterocycles. The third kappa shape index (κ3) is 2.83. The second kappa shape index (κ2) is 4.67. The molecule has 1 aromatic carbocycles. The highest BCUT2D eigenvalue weighted by atomic mass is 14.3. The van der Waals surface area contributed by atoms with Crippen molar-refractivity contribution >= 4 is 0 Å². The van der Waals surface area contributed by atoms with Crippen LogP contribution in [-0.4, -0.2) is 0 Å². The first-order valence-corrected chi connectivity index (χ1v) is 7.47. The van der Waals surface area contributed by atoms with Crippen LogP contribution in [0.4, 0.5) is 0 Å². The van der Waals surface area contributed by atoms with E-state index >= 15 is 0 Å². The SMILES string of the molecule is CC(C)(C)Cc1ccc2c(c1)CC1C=CC=CC1C2. The topological polar surface area (TPSA) is 0 Å². The van der Waals surface area contributed by atoms with Gasteiger partial charge in [0.25, 0.3) is 0 Å². The summed E-state index contributed by atoms with van der Waals surface area (Å²) in [6, 6.07) is 7.18. The number of fused-ring (bicyclic) bond motifs is 2. The van der Waals surface area contributed by atoms with Gasteiger partial charge in [-0.05, 0) is 53.2 Å². The summed E-state index contributed by atoms with van der Waals surface area (Å²) >= 11 is 0. The zero-order valence-corrected chi connectivity index (χ0v) is 12.3. The molecule has 0 spiro atoms. The Balaban J connectivity index is 1.86. The fourth-order valence-corrected chi connectivity index (χ4v) is 3.44. The quantitative estimate of drug-likeness (QED) is 0.677. The molecule has 2 atom stereocenters. The first kappa shape index (κ1) is 12.7. The molecular weight excluding hydrogens is 228 g/mol. The average molecular weight is 252 g/mol. The van der Waals surface area contributed by atoms with Crippen LogP contribution in [-0.2, 0) is 19.3 Å². The van der Waals surface area contributed by atoms with Crippen molar-refractivity contribution in [3.63, 3.8) is 0 Å². The second-order valence-electron chi connectivity index (χ2n) is 7.35. The molecule has 0 heterocycles. The Kier molecular flexibility index (Phi) is 3.12. The van der Waals surface area contributed by atoms with Crippen LogP contribution < -0.4 is 0 Å². The number of hydrogen-bond acceptors (Lipinski definition) is 0. The standard InChI is InChI=1S/C19H24/c1-19(2,3)13-14-8-9-17-11-15-6-4-5-7-16(15)12-18(17)10-14/h4-10,15-16H,11-13H2,1-3H3. The van der Waals surface area contributed by atoms with Gasteiger partial charge in [-0.1, -0.05) is 63.3 Å². The highest BCUT2D eigenvalue weighted by Gasteiger charge is 2.26.